The SMILES string of the molecule is O=C(NC1COC1)c1ccc(-n2c(=O)n(CC3CCC(NC(=O)c4cc(Cl)cnc4C(F)F)CC3)c3ccccc32)cn1. The van der Waals surface area contributed by atoms with Crippen LogP contribution < -0.4 is 16.3 Å². The maximum absolute atomic E-state index is 13.7. The molecular formula is C30H29ClF2N6O4. The minimum atomic E-state index is -2.89. The predicted molar refractivity (Wildman–Crippen MR) is 155 cm³/mol. The zero-order valence-corrected chi connectivity index (χ0v) is 23.8. The van der Waals surface area contributed by atoms with E-state index in [4.69, 9.17) is 16.3 Å². The molecule has 1 aliphatic carbocycles. The molecule has 2 N–H and O–H groups in total. The quantitative estimate of drug-likeness (QED) is 0.307. The van der Waals surface area contributed by atoms with E-state index in [1.807, 2.05) is 24.3 Å². The van der Waals surface area contributed by atoms with Gasteiger partial charge in [-0.05, 0) is 61.9 Å². The number of para-hydroxylation sites is 2. The number of halogens is 3. The summed E-state index contributed by atoms with van der Waals surface area (Å²) in [7, 11) is 0. The molecule has 4 heterocycles. The molecule has 1 saturated carbocycles. The van der Waals surface area contributed by atoms with Crippen LogP contribution in [0.15, 0.2) is 59.7 Å². The van der Waals surface area contributed by atoms with Gasteiger partial charge in [0.1, 0.15) is 11.4 Å². The summed E-state index contributed by atoms with van der Waals surface area (Å²) in [5.41, 5.74) is 1.28. The van der Waals surface area contributed by atoms with Crippen LogP contribution in [0.5, 0.6) is 0 Å². The summed E-state index contributed by atoms with van der Waals surface area (Å²) in [4.78, 5) is 46.9. The van der Waals surface area contributed by atoms with Crippen LogP contribution in [0, 0.1) is 5.92 Å². The average Bonchev–Trinajstić information content (AvgIpc) is 3.26. The van der Waals surface area contributed by atoms with Gasteiger partial charge in [0, 0.05) is 18.8 Å². The number of benzene rings is 1. The second kappa shape index (κ2) is 12.2. The number of fused-ring (bicyclic) bond motifs is 1. The zero-order valence-electron chi connectivity index (χ0n) is 23.0. The smallest absolute Gasteiger partial charge is 0.333 e. The Morgan fingerprint density at radius 1 is 0.953 bits per heavy atom. The highest BCUT2D eigenvalue weighted by molar-refractivity contribution is 6.30. The molecule has 1 aliphatic heterocycles. The number of hydrogen-bond donors (Lipinski definition) is 2. The Labute approximate surface area is 250 Å². The van der Waals surface area contributed by atoms with Gasteiger partial charge in [0.15, 0.2) is 0 Å². The number of carbonyl (C=O) groups is 2. The van der Waals surface area contributed by atoms with Gasteiger partial charge < -0.3 is 15.4 Å². The van der Waals surface area contributed by atoms with Crippen LogP contribution in [-0.4, -0.2) is 56.2 Å². The zero-order chi connectivity index (χ0) is 30.1. The highest BCUT2D eigenvalue weighted by Gasteiger charge is 2.28. The maximum Gasteiger partial charge on any atom is 0.333 e. The van der Waals surface area contributed by atoms with Crippen molar-refractivity contribution in [2.75, 3.05) is 13.2 Å². The lowest BCUT2D eigenvalue weighted by atomic mass is 9.85. The first-order valence-corrected chi connectivity index (χ1v) is 14.5. The van der Waals surface area contributed by atoms with Gasteiger partial charge in [-0.15, -0.1) is 0 Å². The molecule has 2 fully saturated rings. The molecule has 2 aliphatic rings. The third-order valence-electron chi connectivity index (χ3n) is 8.01. The van der Waals surface area contributed by atoms with Crippen molar-refractivity contribution in [3.8, 4) is 5.69 Å². The summed E-state index contributed by atoms with van der Waals surface area (Å²) in [6.45, 7) is 1.45. The second-order valence-electron chi connectivity index (χ2n) is 10.9. The van der Waals surface area contributed by atoms with Crippen molar-refractivity contribution in [3.05, 3.63) is 87.3 Å². The first-order valence-electron chi connectivity index (χ1n) is 14.1. The van der Waals surface area contributed by atoms with E-state index in [0.29, 0.717) is 38.3 Å². The Kier molecular flexibility index (Phi) is 8.22. The third kappa shape index (κ3) is 6.02. The number of aromatic nitrogens is 4. The molecule has 224 valence electrons. The van der Waals surface area contributed by atoms with Crippen molar-refractivity contribution in [2.45, 2.75) is 50.7 Å². The molecule has 1 aromatic carbocycles. The molecule has 0 unspecified atom stereocenters. The molecular weight excluding hydrogens is 582 g/mol. The van der Waals surface area contributed by atoms with Crippen LogP contribution in [0.3, 0.4) is 0 Å². The van der Waals surface area contributed by atoms with E-state index in [1.165, 1.54) is 12.3 Å². The number of amides is 2. The molecule has 10 nitrogen and oxygen atoms in total. The minimum absolute atomic E-state index is 0.0143. The summed E-state index contributed by atoms with van der Waals surface area (Å²) < 4.78 is 35.2. The van der Waals surface area contributed by atoms with E-state index in [9.17, 15) is 23.2 Å². The van der Waals surface area contributed by atoms with E-state index < -0.39 is 18.0 Å². The monoisotopic (exact) mass is 610 g/mol. The normalized spacial score (nSPS) is 18.9. The van der Waals surface area contributed by atoms with Crippen LogP contribution in [0.1, 0.15) is 58.6 Å². The van der Waals surface area contributed by atoms with Gasteiger partial charge in [-0.2, -0.15) is 0 Å². The van der Waals surface area contributed by atoms with Crippen molar-refractivity contribution >= 4 is 34.4 Å². The van der Waals surface area contributed by atoms with E-state index in [2.05, 4.69) is 20.6 Å². The van der Waals surface area contributed by atoms with Gasteiger partial charge in [-0.25, -0.2) is 18.6 Å². The summed E-state index contributed by atoms with van der Waals surface area (Å²) >= 11 is 5.90. The molecule has 4 aromatic rings. The molecule has 0 bridgehead atoms. The van der Waals surface area contributed by atoms with Gasteiger partial charge in [0.2, 0.25) is 0 Å². The van der Waals surface area contributed by atoms with E-state index >= 15 is 0 Å². The number of nitrogens with zero attached hydrogens (tertiary/aromatic N) is 4. The van der Waals surface area contributed by atoms with Crippen LogP contribution in [0.4, 0.5) is 8.78 Å². The highest BCUT2D eigenvalue weighted by atomic mass is 35.5. The third-order valence-corrected chi connectivity index (χ3v) is 8.21. The number of pyridine rings is 2. The minimum Gasteiger partial charge on any atom is -0.377 e. The Hall–Kier alpha value is -4.16. The van der Waals surface area contributed by atoms with E-state index in [-0.39, 0.29) is 45.9 Å². The fraction of sp³-hybridized carbons (Fsp3) is 0.367. The average molecular weight is 611 g/mol. The summed E-state index contributed by atoms with van der Waals surface area (Å²) in [5, 5.41) is 5.82. The maximum atomic E-state index is 13.7. The fourth-order valence-corrected chi connectivity index (χ4v) is 5.84. The van der Waals surface area contributed by atoms with Crippen LogP contribution in [0.2, 0.25) is 5.02 Å². The van der Waals surface area contributed by atoms with Crippen molar-refractivity contribution in [2.24, 2.45) is 5.92 Å². The lowest BCUT2D eigenvalue weighted by Crippen LogP contribution is -2.48. The number of carbonyl (C=O) groups excluding carboxylic acids is 2. The summed E-state index contributed by atoms with van der Waals surface area (Å²) in [5.74, 6) is -0.739. The molecule has 6 rings (SSSR count). The Morgan fingerprint density at radius 3 is 2.33 bits per heavy atom. The molecule has 0 spiro atoms. The number of alkyl halides is 2. The molecule has 0 atom stereocenters. The topological polar surface area (TPSA) is 120 Å². The van der Waals surface area contributed by atoms with E-state index in [0.717, 1.165) is 30.1 Å². The molecule has 13 heteroatoms. The van der Waals surface area contributed by atoms with Crippen LogP contribution in [-0.2, 0) is 11.3 Å². The Bertz CT molecular complexity index is 1710. The van der Waals surface area contributed by atoms with Gasteiger partial charge in [0.05, 0.1) is 52.8 Å². The number of nitrogens with one attached hydrogen (secondary N) is 2. The van der Waals surface area contributed by atoms with Gasteiger partial charge in [0.25, 0.3) is 18.2 Å². The first kappa shape index (κ1) is 28.9. The largest absolute Gasteiger partial charge is 0.377 e. The molecule has 2 amide bonds. The van der Waals surface area contributed by atoms with Crippen molar-refractivity contribution in [1.82, 2.24) is 29.7 Å². The first-order chi connectivity index (χ1) is 20.8. The molecule has 0 radical (unpaired) electrons. The van der Waals surface area contributed by atoms with Crippen molar-refractivity contribution < 1.29 is 23.1 Å². The lowest BCUT2D eigenvalue weighted by molar-refractivity contribution is -0.00354. The molecule has 3 aromatic heterocycles. The lowest BCUT2D eigenvalue weighted by Gasteiger charge is -2.29. The Balaban J connectivity index is 1.14. The summed E-state index contributed by atoms with van der Waals surface area (Å²) in [6, 6.07) is 11.8. The van der Waals surface area contributed by atoms with Gasteiger partial charge in [-0.3, -0.25) is 23.7 Å². The highest BCUT2D eigenvalue weighted by Crippen LogP contribution is 2.29. The molecule has 1 saturated heterocycles. The van der Waals surface area contributed by atoms with Crippen LogP contribution >= 0.6 is 11.6 Å². The number of ether oxygens (including phenoxy) is 1. The number of rotatable bonds is 8. The van der Waals surface area contributed by atoms with Crippen LogP contribution in [0.25, 0.3) is 16.7 Å². The second-order valence-corrected chi connectivity index (χ2v) is 11.3. The van der Waals surface area contributed by atoms with E-state index in [1.54, 1.807) is 21.3 Å². The van der Waals surface area contributed by atoms with Crippen molar-refractivity contribution in [3.63, 3.8) is 0 Å². The fourth-order valence-electron chi connectivity index (χ4n) is 5.68. The Morgan fingerprint density at radius 2 is 1.67 bits per heavy atom. The summed E-state index contributed by atoms with van der Waals surface area (Å²) in [6.07, 6.45) is 2.49. The van der Waals surface area contributed by atoms with Crippen molar-refractivity contribution in [1.29, 1.82) is 0 Å². The van der Waals surface area contributed by atoms with Gasteiger partial charge in [-0.1, -0.05) is 23.7 Å². The van der Waals surface area contributed by atoms with Gasteiger partial charge >= 0.3 is 5.69 Å². The predicted octanol–water partition coefficient (Wildman–Crippen LogP) is 4.29. The standard InChI is InChI=1S/C30H29ClF2N6O4/c31-18-11-22(26(27(32)33)35-12-18)28(40)36-19-7-5-17(6-8-19)14-38-24-3-1-2-4-25(24)39(30(38)42)21-9-10-23(34-13-21)29(41)37-20-15-43-16-20/h1-4,9-13,17,19-20,27H,5-8,14-16H2,(H,36,40)(H,37,41). The number of imidazole rings is 1. The molecule has 43 heavy (non-hydrogen) atoms. The number of hydrogen-bond acceptors (Lipinski definition) is 6.